The molecule has 22 heavy (non-hydrogen) atoms. The maximum absolute atomic E-state index is 10.3. The molecule has 1 heteroatoms. The third kappa shape index (κ3) is 6.43. The van der Waals surface area contributed by atoms with Gasteiger partial charge in [-0.25, -0.2) is 0 Å². The molecule has 0 N–H and O–H groups in total. The third-order valence-corrected chi connectivity index (χ3v) is 4.31. The smallest absolute Gasteiger partial charge is 0.142 e. The summed E-state index contributed by atoms with van der Waals surface area (Å²) >= 11 is 0. The van der Waals surface area contributed by atoms with Gasteiger partial charge in [-0.2, -0.15) is 0 Å². The molecule has 1 nitrogen and oxygen atoms in total. The van der Waals surface area contributed by atoms with Crippen molar-refractivity contribution in [1.29, 1.82) is 0 Å². The molecule has 0 saturated carbocycles. The molecule has 1 aromatic carbocycles. The SMILES string of the molecule is C/C(=C\c1ccc(CC(C)C)cc1)C(C)C(C)C/C=C/C=O. The van der Waals surface area contributed by atoms with Crippen LogP contribution in [0.3, 0.4) is 0 Å². The molecule has 0 aromatic heterocycles. The first kappa shape index (κ1) is 18.4. The summed E-state index contributed by atoms with van der Waals surface area (Å²) in [5.41, 5.74) is 4.07. The molecule has 0 amide bonds. The Bertz CT molecular complexity index is 505. The van der Waals surface area contributed by atoms with Gasteiger partial charge < -0.3 is 0 Å². The van der Waals surface area contributed by atoms with Gasteiger partial charge in [-0.15, -0.1) is 0 Å². The predicted molar refractivity (Wildman–Crippen MR) is 96.8 cm³/mol. The average molecular weight is 298 g/mol. The van der Waals surface area contributed by atoms with Gasteiger partial charge in [0.25, 0.3) is 0 Å². The molecule has 0 fully saturated rings. The Hall–Kier alpha value is -1.63. The Labute approximate surface area is 136 Å². The van der Waals surface area contributed by atoms with Crippen LogP contribution >= 0.6 is 0 Å². The lowest BCUT2D eigenvalue weighted by molar-refractivity contribution is -0.104. The van der Waals surface area contributed by atoms with Gasteiger partial charge in [0.15, 0.2) is 0 Å². The Morgan fingerprint density at radius 1 is 1.09 bits per heavy atom. The second-order valence-electron chi connectivity index (χ2n) is 6.79. The summed E-state index contributed by atoms with van der Waals surface area (Å²) in [5.74, 6) is 1.74. The van der Waals surface area contributed by atoms with Crippen molar-refractivity contribution >= 4 is 12.4 Å². The van der Waals surface area contributed by atoms with Crippen LogP contribution in [-0.4, -0.2) is 6.29 Å². The van der Waals surface area contributed by atoms with Crippen LogP contribution in [0.25, 0.3) is 6.08 Å². The summed E-state index contributed by atoms with van der Waals surface area (Å²) in [7, 11) is 0. The van der Waals surface area contributed by atoms with Gasteiger partial charge in [0, 0.05) is 0 Å². The Morgan fingerprint density at radius 3 is 2.27 bits per heavy atom. The fourth-order valence-corrected chi connectivity index (χ4v) is 2.62. The fraction of sp³-hybridized carbons (Fsp3) is 0.476. The van der Waals surface area contributed by atoms with Gasteiger partial charge in [0.05, 0.1) is 0 Å². The minimum absolute atomic E-state index is 0.506. The van der Waals surface area contributed by atoms with Crippen molar-refractivity contribution < 1.29 is 4.79 Å². The van der Waals surface area contributed by atoms with E-state index >= 15 is 0 Å². The number of carbonyl (C=O) groups is 1. The number of hydrogen-bond donors (Lipinski definition) is 0. The molecule has 0 radical (unpaired) electrons. The van der Waals surface area contributed by atoms with Crippen LogP contribution in [-0.2, 0) is 11.2 Å². The quantitative estimate of drug-likeness (QED) is 0.444. The predicted octanol–water partition coefficient (Wildman–Crippen LogP) is 5.71. The van der Waals surface area contributed by atoms with Crippen LogP contribution < -0.4 is 0 Å². The number of hydrogen-bond acceptors (Lipinski definition) is 1. The van der Waals surface area contributed by atoms with Crippen LogP contribution in [0.5, 0.6) is 0 Å². The van der Waals surface area contributed by atoms with Crippen molar-refractivity contribution in [3.05, 3.63) is 53.1 Å². The summed E-state index contributed by atoms with van der Waals surface area (Å²) in [5, 5.41) is 0. The molecule has 0 aliphatic heterocycles. The van der Waals surface area contributed by atoms with E-state index in [-0.39, 0.29) is 0 Å². The molecule has 0 spiro atoms. The highest BCUT2D eigenvalue weighted by Gasteiger charge is 2.12. The molecular formula is C21H30O. The third-order valence-electron chi connectivity index (χ3n) is 4.31. The zero-order valence-corrected chi connectivity index (χ0v) is 14.7. The highest BCUT2D eigenvalue weighted by Crippen LogP contribution is 2.25. The lowest BCUT2D eigenvalue weighted by Crippen LogP contribution is -2.08. The first-order valence-corrected chi connectivity index (χ1v) is 8.31. The summed E-state index contributed by atoms with van der Waals surface area (Å²) in [6.07, 6.45) is 8.76. The number of benzene rings is 1. The Balaban J connectivity index is 2.70. The lowest BCUT2D eigenvalue weighted by atomic mass is 9.86. The number of allylic oxidation sites excluding steroid dienone is 3. The van der Waals surface area contributed by atoms with E-state index in [0.717, 1.165) is 19.1 Å². The van der Waals surface area contributed by atoms with E-state index in [1.807, 2.05) is 6.08 Å². The highest BCUT2D eigenvalue weighted by molar-refractivity contribution is 5.64. The number of carbonyl (C=O) groups excluding carboxylic acids is 1. The summed E-state index contributed by atoms with van der Waals surface area (Å²) in [6, 6.07) is 8.90. The molecule has 0 aliphatic rings. The first-order valence-electron chi connectivity index (χ1n) is 8.31. The highest BCUT2D eigenvalue weighted by atomic mass is 16.1. The fourth-order valence-electron chi connectivity index (χ4n) is 2.62. The van der Waals surface area contributed by atoms with Gasteiger partial charge in [-0.3, -0.25) is 4.79 Å². The zero-order valence-electron chi connectivity index (χ0n) is 14.7. The average Bonchev–Trinajstić information content (AvgIpc) is 2.48. The van der Waals surface area contributed by atoms with Crippen molar-refractivity contribution in [2.45, 2.75) is 47.5 Å². The summed E-state index contributed by atoms with van der Waals surface area (Å²) < 4.78 is 0. The van der Waals surface area contributed by atoms with Crippen LogP contribution in [0.1, 0.15) is 52.2 Å². The summed E-state index contributed by atoms with van der Waals surface area (Å²) in [6.45, 7) is 11.2. The first-order chi connectivity index (χ1) is 10.4. The van der Waals surface area contributed by atoms with Crippen molar-refractivity contribution in [3.8, 4) is 0 Å². The Morgan fingerprint density at radius 2 is 1.73 bits per heavy atom. The van der Waals surface area contributed by atoms with Gasteiger partial charge in [-0.1, -0.05) is 69.7 Å². The maximum Gasteiger partial charge on any atom is 0.142 e. The van der Waals surface area contributed by atoms with Crippen LogP contribution in [0, 0.1) is 17.8 Å². The molecule has 120 valence electrons. The van der Waals surface area contributed by atoms with Gasteiger partial charge >= 0.3 is 0 Å². The molecule has 0 aliphatic carbocycles. The number of rotatable bonds is 8. The van der Waals surface area contributed by atoms with E-state index < -0.39 is 0 Å². The molecule has 0 heterocycles. The van der Waals surface area contributed by atoms with E-state index in [2.05, 4.69) is 65.0 Å². The molecule has 0 bridgehead atoms. The Kier molecular flexibility index (Phi) is 7.87. The van der Waals surface area contributed by atoms with Gasteiger partial charge in [-0.05, 0) is 54.7 Å². The van der Waals surface area contributed by atoms with E-state index in [4.69, 9.17) is 0 Å². The van der Waals surface area contributed by atoms with Crippen molar-refractivity contribution in [1.82, 2.24) is 0 Å². The maximum atomic E-state index is 10.3. The normalized spacial score (nSPS) is 15.3. The largest absolute Gasteiger partial charge is 0.299 e. The van der Waals surface area contributed by atoms with Crippen LogP contribution in [0.4, 0.5) is 0 Å². The monoisotopic (exact) mass is 298 g/mol. The van der Waals surface area contributed by atoms with Crippen molar-refractivity contribution in [2.75, 3.05) is 0 Å². The van der Waals surface area contributed by atoms with Crippen LogP contribution in [0.2, 0.25) is 0 Å². The second-order valence-corrected chi connectivity index (χ2v) is 6.79. The molecule has 2 unspecified atom stereocenters. The molecule has 2 atom stereocenters. The van der Waals surface area contributed by atoms with Crippen LogP contribution in [0.15, 0.2) is 42.0 Å². The van der Waals surface area contributed by atoms with E-state index in [1.165, 1.54) is 16.7 Å². The van der Waals surface area contributed by atoms with Crippen molar-refractivity contribution in [2.24, 2.45) is 17.8 Å². The zero-order chi connectivity index (χ0) is 16.5. The molecular weight excluding hydrogens is 268 g/mol. The van der Waals surface area contributed by atoms with E-state index in [9.17, 15) is 4.79 Å². The van der Waals surface area contributed by atoms with Gasteiger partial charge in [0.2, 0.25) is 0 Å². The minimum atomic E-state index is 0.506. The van der Waals surface area contributed by atoms with Crippen molar-refractivity contribution in [3.63, 3.8) is 0 Å². The van der Waals surface area contributed by atoms with Gasteiger partial charge in [0.1, 0.15) is 6.29 Å². The number of aldehydes is 1. The minimum Gasteiger partial charge on any atom is -0.299 e. The molecule has 1 rings (SSSR count). The topological polar surface area (TPSA) is 17.1 Å². The van der Waals surface area contributed by atoms with E-state index in [1.54, 1.807) is 6.08 Å². The standard InChI is InChI=1S/C21H30O/c1-16(2)14-20-9-11-21(12-10-20)15-18(4)19(5)17(3)8-6-7-13-22/h6-7,9-13,15-17,19H,8,14H2,1-5H3/b7-6+,18-15+. The summed E-state index contributed by atoms with van der Waals surface area (Å²) in [4.78, 5) is 10.3. The molecule has 0 saturated heterocycles. The second kappa shape index (κ2) is 9.40. The molecule has 1 aromatic rings. The lowest BCUT2D eigenvalue weighted by Gasteiger charge is -2.19. The van der Waals surface area contributed by atoms with E-state index in [0.29, 0.717) is 17.8 Å².